The summed E-state index contributed by atoms with van der Waals surface area (Å²) in [5, 5.41) is 7.44. The van der Waals surface area contributed by atoms with E-state index in [9.17, 15) is 4.79 Å². The van der Waals surface area contributed by atoms with Gasteiger partial charge in [0.15, 0.2) is 0 Å². The highest BCUT2D eigenvalue weighted by atomic mass is 32.2. The Bertz CT molecular complexity index is 507. The minimum atomic E-state index is -0.0809. The van der Waals surface area contributed by atoms with E-state index in [2.05, 4.69) is 24.5 Å². The highest BCUT2D eigenvalue weighted by Gasteiger charge is 2.38. The maximum absolute atomic E-state index is 12.0. The summed E-state index contributed by atoms with van der Waals surface area (Å²) in [6.45, 7) is 6.96. The molecule has 0 radical (unpaired) electrons. The van der Waals surface area contributed by atoms with Gasteiger partial charge in [-0.2, -0.15) is 0 Å². The zero-order valence-corrected chi connectivity index (χ0v) is 14.1. The summed E-state index contributed by atoms with van der Waals surface area (Å²) in [6, 6.07) is 0. The molecule has 4 nitrogen and oxygen atoms in total. The van der Waals surface area contributed by atoms with Crippen molar-refractivity contribution in [3.05, 3.63) is 4.88 Å². The molecule has 1 aliphatic rings. The zero-order chi connectivity index (χ0) is 14.9. The van der Waals surface area contributed by atoms with Crippen LogP contribution in [-0.4, -0.2) is 24.2 Å². The van der Waals surface area contributed by atoms with Crippen molar-refractivity contribution in [3.8, 4) is 0 Å². The Kier molecular flexibility index (Phi) is 4.54. The van der Waals surface area contributed by atoms with Crippen molar-refractivity contribution >= 4 is 39.7 Å². The third-order valence-electron chi connectivity index (χ3n) is 3.68. The lowest BCUT2D eigenvalue weighted by atomic mass is 9.99. The molecule has 2 rings (SSSR count). The van der Waals surface area contributed by atoms with Gasteiger partial charge in [-0.1, -0.05) is 0 Å². The summed E-state index contributed by atoms with van der Waals surface area (Å²) in [7, 11) is 0. The number of carbonyl (C=O) groups is 1. The third-order valence-corrected chi connectivity index (χ3v) is 5.76. The van der Waals surface area contributed by atoms with E-state index in [0.717, 1.165) is 9.90 Å². The molecule has 4 N–H and O–H groups in total. The van der Waals surface area contributed by atoms with E-state index in [-0.39, 0.29) is 11.4 Å². The molecule has 112 valence electrons. The predicted octanol–water partition coefficient (Wildman–Crippen LogP) is 3.40. The van der Waals surface area contributed by atoms with Gasteiger partial charge in [-0.05, 0) is 45.8 Å². The molecule has 0 saturated heterocycles. The Balaban J connectivity index is 2.28. The van der Waals surface area contributed by atoms with Gasteiger partial charge in [0, 0.05) is 12.1 Å². The van der Waals surface area contributed by atoms with Gasteiger partial charge in [0.05, 0.1) is 10.6 Å². The molecular weight excluding hydrogens is 290 g/mol. The molecule has 0 spiro atoms. The average molecular weight is 313 g/mol. The predicted molar refractivity (Wildman–Crippen MR) is 88.9 cm³/mol. The molecule has 1 aliphatic carbocycles. The van der Waals surface area contributed by atoms with Crippen molar-refractivity contribution in [1.82, 2.24) is 5.32 Å². The lowest BCUT2D eigenvalue weighted by Gasteiger charge is -2.27. The maximum Gasteiger partial charge on any atom is 0.263 e. The molecule has 20 heavy (non-hydrogen) atoms. The fourth-order valence-corrected chi connectivity index (χ4v) is 4.42. The summed E-state index contributed by atoms with van der Waals surface area (Å²) in [5.74, 6) is 0.635. The number of thiophene rings is 1. The number of hydrogen-bond acceptors (Lipinski definition) is 5. The molecule has 1 aromatic rings. The van der Waals surface area contributed by atoms with Crippen LogP contribution in [0, 0.1) is 5.92 Å². The number of hydrogen-bond donors (Lipinski definition) is 3. The second kappa shape index (κ2) is 5.85. The minimum Gasteiger partial charge on any atom is -0.396 e. The van der Waals surface area contributed by atoms with Gasteiger partial charge in [-0.3, -0.25) is 4.79 Å². The molecule has 0 bridgehead atoms. The second-order valence-corrected chi connectivity index (χ2v) is 7.52. The largest absolute Gasteiger partial charge is 0.396 e. The first-order valence-corrected chi connectivity index (χ1v) is 8.97. The number of amides is 1. The monoisotopic (exact) mass is 313 g/mol. The smallest absolute Gasteiger partial charge is 0.263 e. The number of carbonyl (C=O) groups excluding carboxylic acids is 1. The van der Waals surface area contributed by atoms with E-state index in [1.54, 1.807) is 11.8 Å². The first kappa shape index (κ1) is 15.5. The molecule has 0 atom stereocenters. The Morgan fingerprint density at radius 3 is 2.65 bits per heavy atom. The summed E-state index contributed by atoms with van der Waals surface area (Å²) in [5.41, 5.74) is 6.80. The van der Waals surface area contributed by atoms with Crippen molar-refractivity contribution in [1.29, 1.82) is 0 Å². The van der Waals surface area contributed by atoms with Crippen LogP contribution in [0.4, 0.5) is 10.7 Å². The number of thioether (sulfide) groups is 1. The number of rotatable bonds is 6. The molecular formula is C14H23N3OS2. The normalized spacial score (nSPS) is 15.2. The van der Waals surface area contributed by atoms with Crippen LogP contribution in [0.3, 0.4) is 0 Å². The van der Waals surface area contributed by atoms with Crippen LogP contribution < -0.4 is 16.4 Å². The van der Waals surface area contributed by atoms with E-state index < -0.39 is 0 Å². The van der Waals surface area contributed by atoms with E-state index in [1.807, 2.05) is 13.2 Å². The average Bonchev–Trinajstić information content (AvgIpc) is 3.17. The summed E-state index contributed by atoms with van der Waals surface area (Å²) in [6.07, 6.45) is 4.55. The Hall–Kier alpha value is -0.880. The van der Waals surface area contributed by atoms with Crippen molar-refractivity contribution in [2.75, 3.05) is 23.9 Å². The minimum absolute atomic E-state index is 0.0558. The van der Waals surface area contributed by atoms with Gasteiger partial charge < -0.3 is 16.4 Å². The zero-order valence-electron chi connectivity index (χ0n) is 12.5. The molecule has 1 heterocycles. The summed E-state index contributed by atoms with van der Waals surface area (Å²) < 4.78 is 0. The van der Waals surface area contributed by atoms with E-state index >= 15 is 0 Å². The van der Waals surface area contributed by atoms with Gasteiger partial charge in [-0.15, -0.1) is 23.1 Å². The van der Waals surface area contributed by atoms with Crippen LogP contribution in [0.1, 0.15) is 43.3 Å². The third kappa shape index (κ3) is 3.06. The van der Waals surface area contributed by atoms with Gasteiger partial charge in [0.25, 0.3) is 5.91 Å². The quantitative estimate of drug-likeness (QED) is 0.704. The van der Waals surface area contributed by atoms with Crippen LogP contribution in [0.2, 0.25) is 0 Å². The van der Waals surface area contributed by atoms with Gasteiger partial charge >= 0.3 is 0 Å². The lowest BCUT2D eigenvalue weighted by molar-refractivity contribution is 0.0960. The highest BCUT2D eigenvalue weighted by Crippen LogP contribution is 2.46. The molecule has 1 aromatic heterocycles. The second-order valence-electron chi connectivity index (χ2n) is 5.69. The van der Waals surface area contributed by atoms with Gasteiger partial charge in [-0.25, -0.2) is 0 Å². The fourth-order valence-electron chi connectivity index (χ4n) is 2.32. The number of nitrogens with one attached hydrogen (secondary N) is 2. The van der Waals surface area contributed by atoms with Crippen molar-refractivity contribution in [2.45, 2.75) is 44.0 Å². The number of nitrogen functional groups attached to an aromatic ring is 1. The van der Waals surface area contributed by atoms with Gasteiger partial charge in [0.1, 0.15) is 9.88 Å². The van der Waals surface area contributed by atoms with Crippen LogP contribution in [0.25, 0.3) is 0 Å². The number of anilines is 2. The lowest BCUT2D eigenvalue weighted by Crippen LogP contribution is -2.33. The molecule has 0 unspecified atom stereocenters. The standard InChI is InChI=1S/C14H23N3OS2/c1-5-16-12(18)10-9(15)11(19-4)13(20-10)17-14(2,3)8-6-7-8/h8,17H,5-7,15H2,1-4H3,(H,16,18). The Labute approximate surface area is 128 Å². The molecule has 0 aromatic carbocycles. The summed E-state index contributed by atoms with van der Waals surface area (Å²) >= 11 is 3.06. The van der Waals surface area contributed by atoms with Crippen LogP contribution in [0.5, 0.6) is 0 Å². The van der Waals surface area contributed by atoms with E-state index in [4.69, 9.17) is 5.73 Å². The first-order chi connectivity index (χ1) is 9.40. The highest BCUT2D eigenvalue weighted by molar-refractivity contribution is 7.99. The fraction of sp³-hybridized carbons (Fsp3) is 0.643. The first-order valence-electron chi connectivity index (χ1n) is 6.93. The molecule has 6 heteroatoms. The molecule has 1 saturated carbocycles. The molecule has 1 fully saturated rings. The summed E-state index contributed by atoms with van der Waals surface area (Å²) in [4.78, 5) is 13.6. The molecule has 0 aliphatic heterocycles. The van der Waals surface area contributed by atoms with Crippen molar-refractivity contribution in [2.24, 2.45) is 5.92 Å². The van der Waals surface area contributed by atoms with Crippen LogP contribution in [0.15, 0.2) is 4.90 Å². The molecule has 1 amide bonds. The Morgan fingerprint density at radius 1 is 1.50 bits per heavy atom. The van der Waals surface area contributed by atoms with Crippen molar-refractivity contribution < 1.29 is 4.79 Å². The SMILES string of the molecule is CCNC(=O)c1sc(NC(C)(C)C2CC2)c(SC)c1N. The van der Waals surface area contributed by atoms with E-state index in [0.29, 0.717) is 23.0 Å². The van der Waals surface area contributed by atoms with Crippen molar-refractivity contribution in [3.63, 3.8) is 0 Å². The van der Waals surface area contributed by atoms with E-state index in [1.165, 1.54) is 24.2 Å². The topological polar surface area (TPSA) is 67.2 Å². The Morgan fingerprint density at radius 2 is 2.15 bits per heavy atom. The number of nitrogens with two attached hydrogens (primary N) is 1. The van der Waals surface area contributed by atoms with Crippen LogP contribution >= 0.6 is 23.1 Å². The maximum atomic E-state index is 12.0. The van der Waals surface area contributed by atoms with Gasteiger partial charge in [0.2, 0.25) is 0 Å². The van der Waals surface area contributed by atoms with Crippen LogP contribution in [-0.2, 0) is 0 Å².